The summed E-state index contributed by atoms with van der Waals surface area (Å²) < 4.78 is 6.14. The molecular formula is C27H28ClN3O3. The number of halogens is 1. The van der Waals surface area contributed by atoms with Gasteiger partial charge in [0.15, 0.2) is 0 Å². The Labute approximate surface area is 205 Å². The number of amides is 3. The number of carbonyl (C=O) groups is 2. The van der Waals surface area contributed by atoms with Crippen molar-refractivity contribution in [2.75, 3.05) is 38.1 Å². The molecule has 1 saturated heterocycles. The number of ether oxygens (including phenoxy) is 1. The van der Waals surface area contributed by atoms with Crippen molar-refractivity contribution < 1.29 is 14.3 Å². The molecule has 0 spiro atoms. The topological polar surface area (TPSA) is 61.9 Å². The van der Waals surface area contributed by atoms with Crippen LogP contribution < -0.4 is 5.32 Å². The molecule has 1 aliphatic heterocycles. The molecular weight excluding hydrogens is 450 g/mol. The standard InChI is InChI=1S/C27H28ClN3O3/c28-23-12-14-24(15-13-23)29-27(33)31-17-7-16-30(18-19-31)25(32)20-34-26(21-8-3-1-4-9-21)22-10-5-2-6-11-22/h1-6,8-15,26H,7,16-20H2,(H,29,33). The van der Waals surface area contributed by atoms with Crippen LogP contribution in [0, 0.1) is 0 Å². The van der Waals surface area contributed by atoms with Crippen LogP contribution in [0.1, 0.15) is 23.7 Å². The lowest BCUT2D eigenvalue weighted by atomic mass is 10.0. The Morgan fingerprint density at radius 2 is 1.35 bits per heavy atom. The largest absolute Gasteiger partial charge is 0.359 e. The smallest absolute Gasteiger partial charge is 0.321 e. The molecule has 6 nitrogen and oxygen atoms in total. The van der Waals surface area contributed by atoms with Crippen molar-refractivity contribution in [1.82, 2.24) is 9.80 Å². The fraction of sp³-hybridized carbons (Fsp3) is 0.259. The first-order valence-corrected chi connectivity index (χ1v) is 11.8. The molecule has 3 aromatic carbocycles. The minimum atomic E-state index is -0.319. The van der Waals surface area contributed by atoms with Gasteiger partial charge in [0.05, 0.1) is 0 Å². The molecule has 1 heterocycles. The minimum Gasteiger partial charge on any atom is -0.359 e. The van der Waals surface area contributed by atoms with E-state index >= 15 is 0 Å². The monoisotopic (exact) mass is 477 g/mol. The number of urea groups is 1. The number of hydrogen-bond donors (Lipinski definition) is 1. The third-order valence-corrected chi connectivity index (χ3v) is 6.06. The van der Waals surface area contributed by atoms with Gasteiger partial charge in [-0.1, -0.05) is 72.3 Å². The second-order valence-electron chi connectivity index (χ2n) is 8.17. The highest BCUT2D eigenvalue weighted by Gasteiger charge is 2.24. The molecule has 0 radical (unpaired) electrons. The second kappa shape index (κ2) is 11.7. The summed E-state index contributed by atoms with van der Waals surface area (Å²) in [4.78, 5) is 29.2. The van der Waals surface area contributed by atoms with E-state index in [-0.39, 0.29) is 24.6 Å². The van der Waals surface area contributed by atoms with Gasteiger partial charge in [-0.3, -0.25) is 4.79 Å². The van der Waals surface area contributed by atoms with E-state index in [0.29, 0.717) is 43.3 Å². The molecule has 3 amide bonds. The molecule has 176 valence electrons. The van der Waals surface area contributed by atoms with E-state index in [1.807, 2.05) is 60.7 Å². The highest BCUT2D eigenvalue weighted by Crippen LogP contribution is 2.26. The highest BCUT2D eigenvalue weighted by atomic mass is 35.5. The van der Waals surface area contributed by atoms with Crippen LogP contribution in [-0.4, -0.2) is 54.5 Å². The SMILES string of the molecule is O=C(COC(c1ccccc1)c1ccccc1)N1CCCN(C(=O)Nc2ccc(Cl)cc2)CC1. The van der Waals surface area contributed by atoms with Gasteiger partial charge < -0.3 is 19.9 Å². The van der Waals surface area contributed by atoms with E-state index in [1.165, 1.54) is 0 Å². The van der Waals surface area contributed by atoms with Crippen molar-refractivity contribution in [2.45, 2.75) is 12.5 Å². The average Bonchev–Trinajstić information content (AvgIpc) is 3.13. The zero-order valence-electron chi connectivity index (χ0n) is 18.9. The lowest BCUT2D eigenvalue weighted by Crippen LogP contribution is -2.40. The van der Waals surface area contributed by atoms with Crippen LogP contribution in [0.3, 0.4) is 0 Å². The maximum absolute atomic E-state index is 13.0. The molecule has 0 unspecified atom stereocenters. The molecule has 7 heteroatoms. The van der Waals surface area contributed by atoms with Crippen molar-refractivity contribution in [3.63, 3.8) is 0 Å². The quantitative estimate of drug-likeness (QED) is 0.530. The molecule has 4 rings (SSSR count). The molecule has 0 atom stereocenters. The summed E-state index contributed by atoms with van der Waals surface area (Å²) >= 11 is 5.91. The Hall–Kier alpha value is -3.35. The fourth-order valence-corrected chi connectivity index (χ4v) is 4.12. The average molecular weight is 478 g/mol. The summed E-state index contributed by atoms with van der Waals surface area (Å²) in [6, 6.07) is 26.6. The Bertz CT molecular complexity index is 1040. The van der Waals surface area contributed by atoms with Gasteiger partial charge in [-0.25, -0.2) is 4.79 Å². The molecule has 1 fully saturated rings. The third-order valence-electron chi connectivity index (χ3n) is 5.81. The first kappa shape index (κ1) is 23.8. The van der Waals surface area contributed by atoms with Crippen molar-refractivity contribution >= 4 is 29.2 Å². The number of nitrogens with one attached hydrogen (secondary N) is 1. The van der Waals surface area contributed by atoms with Gasteiger partial charge in [0.1, 0.15) is 12.7 Å². The summed E-state index contributed by atoms with van der Waals surface area (Å²) in [5, 5.41) is 3.50. The zero-order chi connectivity index (χ0) is 23.8. The molecule has 34 heavy (non-hydrogen) atoms. The van der Waals surface area contributed by atoms with Gasteiger partial charge in [-0.05, 0) is 41.8 Å². The van der Waals surface area contributed by atoms with Gasteiger partial charge in [0.2, 0.25) is 5.91 Å². The zero-order valence-corrected chi connectivity index (χ0v) is 19.7. The second-order valence-corrected chi connectivity index (χ2v) is 8.61. The number of nitrogens with zero attached hydrogens (tertiary/aromatic N) is 2. The van der Waals surface area contributed by atoms with Crippen molar-refractivity contribution in [3.05, 3.63) is 101 Å². The Morgan fingerprint density at radius 1 is 0.794 bits per heavy atom. The van der Waals surface area contributed by atoms with Gasteiger partial charge >= 0.3 is 6.03 Å². The highest BCUT2D eigenvalue weighted by molar-refractivity contribution is 6.30. The van der Waals surface area contributed by atoms with Crippen molar-refractivity contribution in [2.24, 2.45) is 0 Å². The van der Waals surface area contributed by atoms with Crippen LogP contribution in [0.4, 0.5) is 10.5 Å². The molecule has 0 bridgehead atoms. The Kier molecular flexibility index (Phi) is 8.17. The van der Waals surface area contributed by atoms with E-state index in [2.05, 4.69) is 5.32 Å². The first-order valence-electron chi connectivity index (χ1n) is 11.4. The molecule has 1 N–H and O–H groups in total. The van der Waals surface area contributed by atoms with Crippen LogP contribution >= 0.6 is 11.6 Å². The number of carbonyl (C=O) groups excluding carboxylic acids is 2. The Balaban J connectivity index is 1.33. The predicted octanol–water partition coefficient (Wildman–Crippen LogP) is 5.21. The predicted molar refractivity (Wildman–Crippen MR) is 134 cm³/mol. The third kappa shape index (κ3) is 6.37. The van der Waals surface area contributed by atoms with E-state index in [4.69, 9.17) is 16.3 Å². The van der Waals surface area contributed by atoms with Crippen LogP contribution in [0.5, 0.6) is 0 Å². The van der Waals surface area contributed by atoms with Crippen LogP contribution in [0.15, 0.2) is 84.9 Å². The van der Waals surface area contributed by atoms with E-state index in [0.717, 1.165) is 11.1 Å². The van der Waals surface area contributed by atoms with E-state index in [1.54, 1.807) is 34.1 Å². The summed E-state index contributed by atoms with van der Waals surface area (Å²) in [6.45, 7) is 2.09. The molecule has 0 saturated carbocycles. The van der Waals surface area contributed by atoms with Gasteiger partial charge in [0.25, 0.3) is 0 Å². The van der Waals surface area contributed by atoms with Crippen molar-refractivity contribution in [1.29, 1.82) is 0 Å². The minimum absolute atomic E-state index is 0.0224. The molecule has 3 aromatic rings. The van der Waals surface area contributed by atoms with Gasteiger partial charge in [-0.2, -0.15) is 0 Å². The van der Waals surface area contributed by atoms with Gasteiger partial charge in [-0.15, -0.1) is 0 Å². The normalized spacial score (nSPS) is 14.1. The summed E-state index contributed by atoms with van der Waals surface area (Å²) in [5.41, 5.74) is 2.69. The summed E-state index contributed by atoms with van der Waals surface area (Å²) in [7, 11) is 0. The van der Waals surface area contributed by atoms with Crippen LogP contribution in [0.2, 0.25) is 5.02 Å². The fourth-order valence-electron chi connectivity index (χ4n) is 3.99. The summed E-state index contributed by atoms with van der Waals surface area (Å²) in [5.74, 6) is -0.0724. The van der Waals surface area contributed by atoms with E-state index < -0.39 is 0 Å². The lowest BCUT2D eigenvalue weighted by molar-refractivity contribution is -0.137. The number of anilines is 1. The maximum atomic E-state index is 13.0. The van der Waals surface area contributed by atoms with Crippen LogP contribution in [0.25, 0.3) is 0 Å². The van der Waals surface area contributed by atoms with Gasteiger partial charge in [0, 0.05) is 36.9 Å². The first-order chi connectivity index (χ1) is 16.6. The number of benzene rings is 3. The molecule has 0 aliphatic carbocycles. The molecule has 0 aromatic heterocycles. The number of hydrogen-bond acceptors (Lipinski definition) is 3. The number of rotatable bonds is 6. The summed E-state index contributed by atoms with van der Waals surface area (Å²) in [6.07, 6.45) is 0.389. The van der Waals surface area contributed by atoms with Crippen molar-refractivity contribution in [3.8, 4) is 0 Å². The maximum Gasteiger partial charge on any atom is 0.321 e. The lowest BCUT2D eigenvalue weighted by Gasteiger charge is -2.24. The Morgan fingerprint density at radius 3 is 1.97 bits per heavy atom. The molecule has 1 aliphatic rings. The van der Waals surface area contributed by atoms with E-state index in [9.17, 15) is 9.59 Å². The van der Waals surface area contributed by atoms with Crippen LogP contribution in [-0.2, 0) is 9.53 Å².